The number of hydrogen-bond donors (Lipinski definition) is 6. The number of aldehydes is 1. The summed E-state index contributed by atoms with van der Waals surface area (Å²) in [7, 11) is 0. The maximum atomic E-state index is 9.90. The second-order valence-electron chi connectivity index (χ2n) is 4.28. The van der Waals surface area contributed by atoms with Crippen LogP contribution in [0.5, 0.6) is 0 Å². The fourth-order valence-electron chi connectivity index (χ4n) is 1.50. The molecule has 0 saturated carbocycles. The predicted octanol–water partition coefficient (Wildman–Crippen LogP) is -1.82. The van der Waals surface area contributed by atoms with Crippen LogP contribution in [-0.4, -0.2) is 72.8 Å². The van der Waals surface area contributed by atoms with Crippen LogP contribution in [0, 0.1) is 0 Å². The third-order valence-electron chi connectivity index (χ3n) is 2.75. The van der Waals surface area contributed by atoms with Gasteiger partial charge in [0.25, 0.3) is 0 Å². The predicted molar refractivity (Wildman–Crippen MR) is 73.3 cm³/mol. The number of aromatic amines is 1. The van der Waals surface area contributed by atoms with Crippen molar-refractivity contribution in [3.05, 3.63) is 30.6 Å². The fourth-order valence-corrected chi connectivity index (χ4v) is 1.50. The van der Waals surface area contributed by atoms with Crippen molar-refractivity contribution < 1.29 is 30.3 Å². The molecule has 21 heavy (non-hydrogen) atoms. The highest BCUT2D eigenvalue weighted by Crippen LogP contribution is 2.05. The summed E-state index contributed by atoms with van der Waals surface area (Å²) in [4.78, 5) is 17.0. The minimum absolute atomic E-state index is 0.0258. The van der Waals surface area contributed by atoms with Crippen molar-refractivity contribution in [2.24, 2.45) is 0 Å². The number of nitrogens with zero attached hydrogens (tertiary/aromatic N) is 1. The minimum atomic E-state index is -1.79. The summed E-state index contributed by atoms with van der Waals surface area (Å²) in [6, 6.07) is 7.94. The van der Waals surface area contributed by atoms with E-state index in [2.05, 4.69) is 9.97 Å². The van der Waals surface area contributed by atoms with Crippen molar-refractivity contribution in [2.75, 3.05) is 6.61 Å². The normalized spacial score (nSPS) is 16.4. The number of imidazole rings is 1. The van der Waals surface area contributed by atoms with Crippen LogP contribution in [-0.2, 0) is 4.79 Å². The van der Waals surface area contributed by atoms with E-state index in [0.717, 1.165) is 11.0 Å². The van der Waals surface area contributed by atoms with Crippen molar-refractivity contribution in [1.82, 2.24) is 9.97 Å². The second-order valence-corrected chi connectivity index (χ2v) is 4.28. The number of fused-ring (bicyclic) bond motifs is 1. The van der Waals surface area contributed by atoms with Crippen LogP contribution < -0.4 is 0 Å². The molecule has 116 valence electrons. The SMILES string of the molecule is O=C[C@H](O)[C@@H](O)[C@H](O)[C@H](O)CO.c1ccc2[nH]cnc2c1. The van der Waals surface area contributed by atoms with E-state index in [4.69, 9.17) is 25.5 Å². The Bertz CT molecular complexity index is 516. The number of H-pyrrole nitrogens is 1. The van der Waals surface area contributed by atoms with Crippen LogP contribution in [0.2, 0.25) is 0 Å². The Morgan fingerprint density at radius 2 is 1.81 bits per heavy atom. The van der Waals surface area contributed by atoms with Crippen LogP contribution >= 0.6 is 0 Å². The van der Waals surface area contributed by atoms with Crippen LogP contribution in [0.25, 0.3) is 11.0 Å². The third kappa shape index (κ3) is 4.88. The van der Waals surface area contributed by atoms with Crippen molar-refractivity contribution >= 4 is 17.3 Å². The molecular weight excluding hydrogens is 280 g/mol. The smallest absolute Gasteiger partial charge is 0.151 e. The summed E-state index contributed by atoms with van der Waals surface area (Å²) in [6.07, 6.45) is -5.14. The second kappa shape index (κ2) is 8.45. The number of hydrogen-bond acceptors (Lipinski definition) is 7. The summed E-state index contributed by atoms with van der Waals surface area (Å²) in [5, 5.41) is 43.5. The number of carbonyl (C=O) groups is 1. The lowest BCUT2D eigenvalue weighted by Crippen LogP contribution is -2.46. The van der Waals surface area contributed by atoms with Crippen LogP contribution in [0.15, 0.2) is 30.6 Å². The molecule has 0 fully saturated rings. The van der Waals surface area contributed by atoms with E-state index in [1.165, 1.54) is 0 Å². The molecule has 1 heterocycles. The van der Waals surface area contributed by atoms with E-state index in [1.807, 2.05) is 24.3 Å². The van der Waals surface area contributed by atoms with E-state index in [-0.39, 0.29) is 6.29 Å². The highest BCUT2D eigenvalue weighted by molar-refractivity contribution is 5.73. The highest BCUT2D eigenvalue weighted by atomic mass is 16.4. The van der Waals surface area contributed by atoms with Gasteiger partial charge in [-0.1, -0.05) is 12.1 Å². The molecule has 0 saturated heterocycles. The first kappa shape index (κ1) is 17.2. The molecule has 0 spiro atoms. The zero-order chi connectivity index (χ0) is 15.8. The summed E-state index contributed by atoms with van der Waals surface area (Å²) in [5.74, 6) is 0. The van der Waals surface area contributed by atoms with E-state index in [1.54, 1.807) is 6.33 Å². The molecule has 8 nitrogen and oxygen atoms in total. The van der Waals surface area contributed by atoms with Gasteiger partial charge in [0, 0.05) is 0 Å². The largest absolute Gasteiger partial charge is 0.394 e. The third-order valence-corrected chi connectivity index (χ3v) is 2.75. The molecular formula is C13H18N2O6. The molecule has 4 atom stereocenters. The quantitative estimate of drug-likeness (QED) is 0.356. The Morgan fingerprint density at radius 1 is 1.14 bits per heavy atom. The molecule has 0 aliphatic carbocycles. The molecule has 8 heteroatoms. The van der Waals surface area contributed by atoms with Crippen molar-refractivity contribution in [3.63, 3.8) is 0 Å². The molecule has 1 aromatic carbocycles. The number of rotatable bonds is 5. The van der Waals surface area contributed by atoms with Crippen LogP contribution in [0.1, 0.15) is 0 Å². The number of carbonyl (C=O) groups excluding carboxylic acids is 1. The number of aliphatic hydroxyl groups is 5. The first-order valence-electron chi connectivity index (χ1n) is 6.17. The van der Waals surface area contributed by atoms with Gasteiger partial charge in [0.05, 0.1) is 24.0 Å². The van der Waals surface area contributed by atoms with Crippen molar-refractivity contribution in [2.45, 2.75) is 24.4 Å². The van der Waals surface area contributed by atoms with E-state index < -0.39 is 31.0 Å². The topological polar surface area (TPSA) is 147 Å². The van der Waals surface area contributed by atoms with Crippen LogP contribution in [0.4, 0.5) is 0 Å². The Kier molecular flexibility index (Phi) is 6.92. The van der Waals surface area contributed by atoms with E-state index in [0.29, 0.717) is 0 Å². The highest BCUT2D eigenvalue weighted by Gasteiger charge is 2.29. The van der Waals surface area contributed by atoms with Crippen LogP contribution in [0.3, 0.4) is 0 Å². The maximum absolute atomic E-state index is 9.90. The van der Waals surface area contributed by atoms with Gasteiger partial charge in [-0.2, -0.15) is 0 Å². The average molecular weight is 298 g/mol. The number of nitrogens with one attached hydrogen (secondary N) is 1. The van der Waals surface area contributed by atoms with Crippen molar-refractivity contribution in [3.8, 4) is 0 Å². The van der Waals surface area contributed by atoms with Gasteiger partial charge in [0.15, 0.2) is 6.29 Å². The number of aliphatic hydroxyl groups excluding tert-OH is 5. The lowest BCUT2D eigenvalue weighted by atomic mass is 10.0. The summed E-state index contributed by atoms with van der Waals surface area (Å²) in [5.41, 5.74) is 2.12. The minimum Gasteiger partial charge on any atom is -0.394 e. The standard InChI is InChI=1S/C7H6N2.C6H12O6/c1-2-4-7-6(3-1)8-5-9-7;7-1-3(9)5(11)6(12)4(10)2-8/h1-5H,(H,8,9);1,3-6,8-12H,2H2/t;3-,4+,5+,6+/m.0/s1. The molecule has 2 rings (SSSR count). The van der Waals surface area contributed by atoms with Crippen molar-refractivity contribution in [1.29, 1.82) is 0 Å². The summed E-state index contributed by atoms with van der Waals surface area (Å²) in [6.45, 7) is -0.760. The fraction of sp³-hybridized carbons (Fsp3) is 0.385. The van der Waals surface area contributed by atoms with Gasteiger partial charge in [-0.3, -0.25) is 0 Å². The summed E-state index contributed by atoms with van der Waals surface area (Å²) >= 11 is 0. The molecule has 1 aromatic heterocycles. The van der Waals surface area contributed by atoms with Gasteiger partial charge in [0.1, 0.15) is 24.4 Å². The summed E-state index contributed by atoms with van der Waals surface area (Å²) < 4.78 is 0. The Balaban J connectivity index is 0.000000216. The zero-order valence-corrected chi connectivity index (χ0v) is 11.1. The molecule has 0 amide bonds. The first-order chi connectivity index (χ1) is 10.0. The molecule has 0 aliphatic heterocycles. The van der Waals surface area contributed by atoms with Gasteiger partial charge < -0.3 is 35.3 Å². The van der Waals surface area contributed by atoms with Gasteiger partial charge >= 0.3 is 0 Å². The zero-order valence-electron chi connectivity index (χ0n) is 11.1. The van der Waals surface area contributed by atoms with Gasteiger partial charge in [-0.25, -0.2) is 4.98 Å². The molecule has 0 aliphatic rings. The molecule has 2 aromatic rings. The lowest BCUT2D eigenvalue weighted by Gasteiger charge is -2.22. The monoisotopic (exact) mass is 298 g/mol. The Labute approximate surface area is 120 Å². The number of para-hydroxylation sites is 2. The molecule has 0 bridgehead atoms. The number of aromatic nitrogens is 2. The molecule has 0 unspecified atom stereocenters. The van der Waals surface area contributed by atoms with Gasteiger partial charge in [0.2, 0.25) is 0 Å². The van der Waals surface area contributed by atoms with Gasteiger partial charge in [-0.05, 0) is 12.1 Å². The Hall–Kier alpha value is -1.84. The molecule has 6 N–H and O–H groups in total. The molecule has 0 radical (unpaired) electrons. The lowest BCUT2D eigenvalue weighted by molar-refractivity contribution is -0.136. The maximum Gasteiger partial charge on any atom is 0.151 e. The average Bonchev–Trinajstić information content (AvgIpc) is 3.01. The van der Waals surface area contributed by atoms with Gasteiger partial charge in [-0.15, -0.1) is 0 Å². The van der Waals surface area contributed by atoms with E-state index >= 15 is 0 Å². The number of benzene rings is 1. The Morgan fingerprint density at radius 3 is 2.38 bits per heavy atom. The van der Waals surface area contributed by atoms with E-state index in [9.17, 15) is 4.79 Å². The first-order valence-corrected chi connectivity index (χ1v) is 6.17.